The van der Waals surface area contributed by atoms with Crippen LogP contribution in [0.15, 0.2) is 35.1 Å². The molecular weight excluding hydrogens is 359 g/mol. The molecule has 3 rings (SSSR count). The summed E-state index contributed by atoms with van der Waals surface area (Å²) in [6, 6.07) is 7.46. The number of aromatic hydroxyl groups is 1. The molecule has 1 aromatic heterocycles. The largest absolute Gasteiger partial charge is 0.507 e. The lowest BCUT2D eigenvalue weighted by Crippen LogP contribution is -2.40. The second-order valence-electron chi connectivity index (χ2n) is 7.71. The number of benzene rings is 1. The standard InChI is InChI=1S/C22H29FN2O3/c1-15-7-9-24(10-8-15)21(17-5-4-6-18(23)14-17)20-19(26)13-16(2)25(22(20)27)11-12-28-3/h4-6,13-15,21,26H,7-12H2,1-3H3/t21-/m0/s1. The third-order valence-electron chi connectivity index (χ3n) is 5.66. The van der Waals surface area contributed by atoms with Gasteiger partial charge >= 0.3 is 0 Å². The van der Waals surface area contributed by atoms with E-state index in [1.54, 1.807) is 30.7 Å². The van der Waals surface area contributed by atoms with Crippen LogP contribution in [0.1, 0.15) is 42.6 Å². The summed E-state index contributed by atoms with van der Waals surface area (Å²) in [7, 11) is 1.59. The maximum absolute atomic E-state index is 14.0. The van der Waals surface area contributed by atoms with Crippen LogP contribution in [0.4, 0.5) is 4.39 Å². The molecule has 1 aromatic carbocycles. The first-order chi connectivity index (χ1) is 13.4. The molecule has 0 amide bonds. The van der Waals surface area contributed by atoms with Gasteiger partial charge in [0.2, 0.25) is 0 Å². The Morgan fingerprint density at radius 2 is 2.00 bits per heavy atom. The SMILES string of the molecule is COCCn1c(C)cc(O)c([C@H](c2cccc(F)c2)N2CCC(C)CC2)c1=O. The fourth-order valence-electron chi connectivity index (χ4n) is 4.01. The summed E-state index contributed by atoms with van der Waals surface area (Å²) in [6.45, 7) is 6.41. The van der Waals surface area contributed by atoms with E-state index >= 15 is 0 Å². The van der Waals surface area contributed by atoms with Crippen molar-refractivity contribution in [1.82, 2.24) is 9.47 Å². The first-order valence-electron chi connectivity index (χ1n) is 9.84. The van der Waals surface area contributed by atoms with Crippen LogP contribution in [0.5, 0.6) is 5.75 Å². The Morgan fingerprint density at radius 3 is 2.64 bits per heavy atom. The lowest BCUT2D eigenvalue weighted by molar-refractivity contribution is 0.153. The number of hydrogen-bond acceptors (Lipinski definition) is 4. The zero-order chi connectivity index (χ0) is 20.3. The number of aromatic nitrogens is 1. The Kier molecular flexibility index (Phi) is 6.52. The minimum atomic E-state index is -0.481. The topological polar surface area (TPSA) is 54.7 Å². The van der Waals surface area contributed by atoms with E-state index in [2.05, 4.69) is 11.8 Å². The average molecular weight is 388 g/mol. The highest BCUT2D eigenvalue weighted by molar-refractivity contribution is 5.41. The fraction of sp³-hybridized carbons (Fsp3) is 0.500. The number of halogens is 1. The quantitative estimate of drug-likeness (QED) is 0.823. The molecule has 1 fully saturated rings. The Morgan fingerprint density at radius 1 is 1.29 bits per heavy atom. The number of hydrogen-bond donors (Lipinski definition) is 1. The molecule has 0 unspecified atom stereocenters. The van der Waals surface area contributed by atoms with Gasteiger partial charge in [-0.1, -0.05) is 19.1 Å². The second kappa shape index (κ2) is 8.88. The molecule has 6 heteroatoms. The van der Waals surface area contributed by atoms with E-state index in [0.717, 1.165) is 25.9 Å². The lowest BCUT2D eigenvalue weighted by atomic mass is 9.92. The van der Waals surface area contributed by atoms with Gasteiger partial charge in [-0.25, -0.2) is 4.39 Å². The van der Waals surface area contributed by atoms with E-state index in [1.807, 2.05) is 6.07 Å². The van der Waals surface area contributed by atoms with E-state index in [0.29, 0.717) is 35.9 Å². The summed E-state index contributed by atoms with van der Waals surface area (Å²) < 4.78 is 20.8. The number of rotatable bonds is 6. The third-order valence-corrected chi connectivity index (χ3v) is 5.66. The maximum atomic E-state index is 14.0. The molecule has 2 heterocycles. The van der Waals surface area contributed by atoms with Crippen molar-refractivity contribution < 1.29 is 14.2 Å². The lowest BCUT2D eigenvalue weighted by Gasteiger charge is -2.37. The van der Waals surface area contributed by atoms with Crippen LogP contribution >= 0.6 is 0 Å². The Labute approximate surface area is 165 Å². The van der Waals surface area contributed by atoms with Crippen molar-refractivity contribution in [1.29, 1.82) is 0 Å². The summed E-state index contributed by atoms with van der Waals surface area (Å²) in [4.78, 5) is 15.5. The Bertz CT molecular complexity index is 873. The summed E-state index contributed by atoms with van der Waals surface area (Å²) in [5.41, 5.74) is 1.42. The summed E-state index contributed by atoms with van der Waals surface area (Å²) in [5, 5.41) is 10.7. The molecule has 1 N–H and O–H groups in total. The van der Waals surface area contributed by atoms with E-state index in [1.165, 1.54) is 12.1 Å². The van der Waals surface area contributed by atoms with Crippen LogP contribution in [0.3, 0.4) is 0 Å². The predicted molar refractivity (Wildman–Crippen MR) is 107 cm³/mol. The number of pyridine rings is 1. The molecule has 0 saturated carbocycles. The molecule has 1 saturated heterocycles. The molecule has 2 aromatic rings. The fourth-order valence-corrected chi connectivity index (χ4v) is 4.01. The van der Waals surface area contributed by atoms with Gasteiger partial charge in [0.15, 0.2) is 0 Å². The number of piperidine rings is 1. The predicted octanol–water partition coefficient (Wildman–Crippen LogP) is 3.47. The number of methoxy groups -OCH3 is 1. The van der Waals surface area contributed by atoms with Gasteiger partial charge in [0.1, 0.15) is 11.6 Å². The highest BCUT2D eigenvalue weighted by atomic mass is 19.1. The van der Waals surface area contributed by atoms with Gasteiger partial charge < -0.3 is 14.4 Å². The highest BCUT2D eigenvalue weighted by Gasteiger charge is 2.31. The highest BCUT2D eigenvalue weighted by Crippen LogP contribution is 2.35. The minimum absolute atomic E-state index is 0.0379. The normalized spacial score (nSPS) is 17.0. The van der Waals surface area contributed by atoms with Gasteiger partial charge in [-0.2, -0.15) is 0 Å². The smallest absolute Gasteiger partial charge is 0.259 e. The number of nitrogens with zero attached hydrogens (tertiary/aromatic N) is 2. The van der Waals surface area contributed by atoms with E-state index in [9.17, 15) is 14.3 Å². The zero-order valence-corrected chi connectivity index (χ0v) is 16.8. The summed E-state index contributed by atoms with van der Waals surface area (Å²) in [5.74, 6) is 0.234. The molecule has 1 aliphatic rings. The van der Waals surface area contributed by atoms with Gasteiger partial charge in [-0.3, -0.25) is 9.69 Å². The molecule has 0 spiro atoms. The summed E-state index contributed by atoms with van der Waals surface area (Å²) >= 11 is 0. The maximum Gasteiger partial charge on any atom is 0.259 e. The minimum Gasteiger partial charge on any atom is -0.507 e. The molecule has 0 bridgehead atoms. The molecule has 1 atom stereocenters. The van der Waals surface area contributed by atoms with Crippen molar-refractivity contribution in [3.63, 3.8) is 0 Å². The van der Waals surface area contributed by atoms with Crippen LogP contribution in [0.2, 0.25) is 0 Å². The second-order valence-corrected chi connectivity index (χ2v) is 7.71. The molecule has 5 nitrogen and oxygen atoms in total. The third kappa shape index (κ3) is 4.28. The van der Waals surface area contributed by atoms with Gasteiger partial charge in [0, 0.05) is 19.3 Å². The van der Waals surface area contributed by atoms with Gasteiger partial charge in [-0.15, -0.1) is 0 Å². The molecule has 152 valence electrons. The molecular formula is C22H29FN2O3. The van der Waals surface area contributed by atoms with Gasteiger partial charge in [0.05, 0.1) is 18.2 Å². The van der Waals surface area contributed by atoms with Crippen molar-refractivity contribution in [2.75, 3.05) is 26.8 Å². The van der Waals surface area contributed by atoms with Crippen LogP contribution in [-0.2, 0) is 11.3 Å². The van der Waals surface area contributed by atoms with Crippen LogP contribution < -0.4 is 5.56 Å². The first kappa shape index (κ1) is 20.6. The van der Waals surface area contributed by atoms with Crippen molar-refractivity contribution in [3.8, 4) is 5.75 Å². The summed E-state index contributed by atoms with van der Waals surface area (Å²) in [6.07, 6.45) is 2.02. The van der Waals surface area contributed by atoms with E-state index in [4.69, 9.17) is 4.74 Å². The van der Waals surface area contributed by atoms with Crippen LogP contribution in [0.25, 0.3) is 0 Å². The van der Waals surface area contributed by atoms with E-state index < -0.39 is 6.04 Å². The van der Waals surface area contributed by atoms with Crippen molar-refractivity contribution in [2.24, 2.45) is 5.92 Å². The van der Waals surface area contributed by atoms with E-state index in [-0.39, 0.29) is 17.1 Å². The average Bonchev–Trinajstić information content (AvgIpc) is 2.66. The molecule has 0 aliphatic carbocycles. The molecule has 0 radical (unpaired) electrons. The Hall–Kier alpha value is -2.18. The zero-order valence-electron chi connectivity index (χ0n) is 16.8. The first-order valence-corrected chi connectivity index (χ1v) is 9.84. The van der Waals surface area contributed by atoms with Crippen molar-refractivity contribution in [3.05, 3.63) is 63.3 Å². The number of likely N-dealkylation sites (tertiary alicyclic amines) is 1. The van der Waals surface area contributed by atoms with Gasteiger partial charge in [0.25, 0.3) is 5.56 Å². The van der Waals surface area contributed by atoms with Gasteiger partial charge in [-0.05, 0) is 62.5 Å². The number of ether oxygens (including phenoxy) is 1. The Balaban J connectivity index is 2.13. The van der Waals surface area contributed by atoms with Crippen LogP contribution in [-0.4, -0.2) is 41.4 Å². The van der Waals surface area contributed by atoms with Crippen molar-refractivity contribution >= 4 is 0 Å². The molecule has 28 heavy (non-hydrogen) atoms. The van der Waals surface area contributed by atoms with Crippen molar-refractivity contribution in [2.45, 2.75) is 39.3 Å². The molecule has 1 aliphatic heterocycles. The van der Waals surface area contributed by atoms with Crippen LogP contribution in [0, 0.1) is 18.7 Å². The number of aryl methyl sites for hydroxylation is 1. The monoisotopic (exact) mass is 388 g/mol.